The first-order valence-electron chi connectivity index (χ1n) is 4.67. The maximum atomic E-state index is 11.3. The van der Waals surface area contributed by atoms with Gasteiger partial charge in [-0.1, -0.05) is 0 Å². The highest BCUT2D eigenvalue weighted by molar-refractivity contribution is 5.83. The van der Waals surface area contributed by atoms with Crippen molar-refractivity contribution in [1.29, 1.82) is 0 Å². The standard InChI is InChI=1S/C8H13N3O5/c9-3-6(12)10-1-2-11(8(15)16)5(4-10)7(13)14/h5H,1-4,9H2,(H,13,14)(H,15,16). The van der Waals surface area contributed by atoms with Gasteiger partial charge in [0, 0.05) is 13.1 Å². The third-order valence-electron chi connectivity index (χ3n) is 2.44. The first kappa shape index (κ1) is 12.2. The van der Waals surface area contributed by atoms with Crippen LogP contribution in [0.2, 0.25) is 0 Å². The van der Waals surface area contributed by atoms with E-state index in [9.17, 15) is 14.4 Å². The van der Waals surface area contributed by atoms with Gasteiger partial charge in [0.1, 0.15) is 6.04 Å². The zero-order chi connectivity index (χ0) is 12.3. The molecule has 2 amide bonds. The SMILES string of the molecule is NCC(=O)N1CCN(C(=O)O)C(C(=O)O)C1. The number of hydrogen-bond donors (Lipinski definition) is 3. The van der Waals surface area contributed by atoms with Crippen LogP contribution in [0.3, 0.4) is 0 Å². The van der Waals surface area contributed by atoms with E-state index in [1.807, 2.05) is 0 Å². The Morgan fingerprint density at radius 1 is 1.25 bits per heavy atom. The summed E-state index contributed by atoms with van der Waals surface area (Å²) in [6.07, 6.45) is -1.30. The van der Waals surface area contributed by atoms with E-state index < -0.39 is 18.1 Å². The van der Waals surface area contributed by atoms with Crippen molar-refractivity contribution in [3.8, 4) is 0 Å². The number of amides is 2. The summed E-state index contributed by atoms with van der Waals surface area (Å²) in [5.41, 5.74) is 5.15. The molecule has 4 N–H and O–H groups in total. The lowest BCUT2D eigenvalue weighted by molar-refractivity contribution is -0.147. The van der Waals surface area contributed by atoms with Crippen LogP contribution in [0.15, 0.2) is 0 Å². The van der Waals surface area contributed by atoms with Gasteiger partial charge in [-0.3, -0.25) is 9.69 Å². The second-order valence-electron chi connectivity index (χ2n) is 3.37. The summed E-state index contributed by atoms with van der Waals surface area (Å²) in [4.78, 5) is 34.9. The van der Waals surface area contributed by atoms with Crippen LogP contribution in [-0.2, 0) is 9.59 Å². The van der Waals surface area contributed by atoms with Gasteiger partial charge in [0.15, 0.2) is 0 Å². The van der Waals surface area contributed by atoms with Gasteiger partial charge in [0.05, 0.1) is 13.1 Å². The summed E-state index contributed by atoms with van der Waals surface area (Å²) in [7, 11) is 0. The molecule has 1 unspecified atom stereocenters. The molecule has 8 nitrogen and oxygen atoms in total. The average Bonchev–Trinajstić information content (AvgIpc) is 2.26. The third-order valence-corrected chi connectivity index (χ3v) is 2.44. The van der Waals surface area contributed by atoms with E-state index in [1.165, 1.54) is 4.90 Å². The fourth-order valence-corrected chi connectivity index (χ4v) is 1.58. The molecule has 1 fully saturated rings. The maximum Gasteiger partial charge on any atom is 0.408 e. The summed E-state index contributed by atoms with van der Waals surface area (Å²) < 4.78 is 0. The number of aliphatic carboxylic acids is 1. The Hall–Kier alpha value is -1.83. The van der Waals surface area contributed by atoms with Crippen LogP contribution in [-0.4, -0.2) is 70.2 Å². The number of carbonyl (C=O) groups is 3. The van der Waals surface area contributed by atoms with E-state index in [0.717, 1.165) is 4.90 Å². The molecule has 0 aromatic rings. The van der Waals surface area contributed by atoms with Crippen LogP contribution in [0, 0.1) is 0 Å². The van der Waals surface area contributed by atoms with Gasteiger partial charge in [-0.15, -0.1) is 0 Å². The molecule has 1 aliphatic rings. The Morgan fingerprint density at radius 2 is 1.88 bits per heavy atom. The van der Waals surface area contributed by atoms with Gasteiger partial charge in [-0.05, 0) is 0 Å². The van der Waals surface area contributed by atoms with Crippen molar-refractivity contribution >= 4 is 18.0 Å². The minimum absolute atomic E-state index is 0.0158. The van der Waals surface area contributed by atoms with Gasteiger partial charge < -0.3 is 20.8 Å². The van der Waals surface area contributed by atoms with Crippen LogP contribution < -0.4 is 5.73 Å². The van der Waals surface area contributed by atoms with Crippen molar-refractivity contribution in [2.45, 2.75) is 6.04 Å². The molecular weight excluding hydrogens is 218 g/mol. The van der Waals surface area contributed by atoms with E-state index in [1.54, 1.807) is 0 Å². The highest BCUT2D eigenvalue weighted by Gasteiger charge is 2.36. The highest BCUT2D eigenvalue weighted by Crippen LogP contribution is 2.10. The van der Waals surface area contributed by atoms with E-state index in [0.29, 0.717) is 0 Å². The van der Waals surface area contributed by atoms with Crippen molar-refractivity contribution in [3.63, 3.8) is 0 Å². The smallest absolute Gasteiger partial charge is 0.408 e. The topological polar surface area (TPSA) is 124 Å². The molecule has 0 saturated carbocycles. The second kappa shape index (κ2) is 4.79. The number of nitrogens with two attached hydrogens (primary N) is 1. The molecule has 8 heteroatoms. The van der Waals surface area contributed by atoms with Crippen molar-refractivity contribution in [1.82, 2.24) is 9.80 Å². The van der Waals surface area contributed by atoms with Crippen molar-refractivity contribution in [2.24, 2.45) is 5.73 Å². The Labute approximate surface area is 91.2 Å². The molecule has 90 valence electrons. The molecule has 0 radical (unpaired) electrons. The molecule has 1 atom stereocenters. The van der Waals surface area contributed by atoms with Crippen LogP contribution in [0.4, 0.5) is 4.79 Å². The number of piperazine rings is 1. The number of rotatable bonds is 2. The van der Waals surface area contributed by atoms with Crippen LogP contribution >= 0.6 is 0 Å². The second-order valence-corrected chi connectivity index (χ2v) is 3.37. The molecule has 0 aromatic carbocycles. The Balaban J connectivity index is 2.76. The summed E-state index contributed by atoms with van der Waals surface area (Å²) in [6.45, 7) is -0.207. The van der Waals surface area contributed by atoms with Gasteiger partial charge in [0.2, 0.25) is 5.91 Å². The molecule has 0 aliphatic carbocycles. The number of hydrogen-bond acceptors (Lipinski definition) is 4. The fraction of sp³-hybridized carbons (Fsp3) is 0.625. The predicted molar refractivity (Wildman–Crippen MR) is 51.8 cm³/mol. The summed E-state index contributed by atoms with van der Waals surface area (Å²) in [5.74, 6) is -1.65. The van der Waals surface area contributed by atoms with Crippen LogP contribution in [0.25, 0.3) is 0 Å². The quantitative estimate of drug-likeness (QED) is 0.516. The van der Waals surface area contributed by atoms with Crippen LogP contribution in [0.5, 0.6) is 0 Å². The lowest BCUT2D eigenvalue weighted by Crippen LogP contribution is -2.59. The molecule has 1 heterocycles. The van der Waals surface area contributed by atoms with Gasteiger partial charge >= 0.3 is 12.1 Å². The van der Waals surface area contributed by atoms with Gasteiger partial charge in [-0.25, -0.2) is 9.59 Å². The minimum Gasteiger partial charge on any atom is -0.480 e. The first-order valence-corrected chi connectivity index (χ1v) is 4.67. The van der Waals surface area contributed by atoms with Gasteiger partial charge in [-0.2, -0.15) is 0 Å². The highest BCUT2D eigenvalue weighted by atomic mass is 16.4. The maximum absolute atomic E-state index is 11.3. The van der Waals surface area contributed by atoms with Gasteiger partial charge in [0.25, 0.3) is 0 Å². The molecule has 0 bridgehead atoms. The molecule has 1 saturated heterocycles. The molecular formula is C8H13N3O5. The van der Waals surface area contributed by atoms with Crippen molar-refractivity contribution in [2.75, 3.05) is 26.2 Å². The number of carboxylic acid groups (broad SMARTS) is 2. The van der Waals surface area contributed by atoms with Crippen molar-refractivity contribution in [3.05, 3.63) is 0 Å². The Morgan fingerprint density at radius 3 is 2.31 bits per heavy atom. The number of nitrogens with zero attached hydrogens (tertiary/aromatic N) is 2. The zero-order valence-corrected chi connectivity index (χ0v) is 8.50. The lowest BCUT2D eigenvalue weighted by atomic mass is 10.1. The fourth-order valence-electron chi connectivity index (χ4n) is 1.58. The summed E-state index contributed by atoms with van der Waals surface area (Å²) in [5, 5.41) is 17.6. The number of carbonyl (C=O) groups excluding carboxylic acids is 1. The lowest BCUT2D eigenvalue weighted by Gasteiger charge is -2.37. The van der Waals surface area contributed by atoms with Crippen LogP contribution in [0.1, 0.15) is 0 Å². The first-order chi connectivity index (χ1) is 7.47. The minimum atomic E-state index is -1.30. The molecule has 1 aliphatic heterocycles. The summed E-state index contributed by atoms with van der Waals surface area (Å²) in [6, 6.07) is -1.22. The molecule has 1 rings (SSSR count). The third kappa shape index (κ3) is 2.40. The normalized spacial score (nSPS) is 20.7. The summed E-state index contributed by atoms with van der Waals surface area (Å²) >= 11 is 0. The largest absolute Gasteiger partial charge is 0.480 e. The molecule has 0 spiro atoms. The van der Waals surface area contributed by atoms with Crippen molar-refractivity contribution < 1.29 is 24.6 Å². The van der Waals surface area contributed by atoms with E-state index in [4.69, 9.17) is 15.9 Å². The average molecular weight is 231 g/mol. The number of carboxylic acids is 1. The van der Waals surface area contributed by atoms with E-state index >= 15 is 0 Å². The monoisotopic (exact) mass is 231 g/mol. The Kier molecular flexibility index (Phi) is 3.67. The van der Waals surface area contributed by atoms with E-state index in [-0.39, 0.29) is 32.1 Å². The zero-order valence-electron chi connectivity index (χ0n) is 8.50. The predicted octanol–water partition coefficient (Wildman–Crippen LogP) is -1.78. The van der Waals surface area contributed by atoms with E-state index in [2.05, 4.69) is 0 Å². The Bertz CT molecular complexity index is 319. The molecule has 16 heavy (non-hydrogen) atoms. The molecule has 0 aromatic heterocycles.